The maximum atomic E-state index is 12.2. The van der Waals surface area contributed by atoms with Crippen molar-refractivity contribution in [3.63, 3.8) is 0 Å². The van der Waals surface area contributed by atoms with E-state index in [1.54, 1.807) is 24.3 Å². The van der Waals surface area contributed by atoms with Gasteiger partial charge in [0.2, 0.25) is 11.8 Å². The summed E-state index contributed by atoms with van der Waals surface area (Å²) >= 11 is 1.17. The van der Waals surface area contributed by atoms with Crippen LogP contribution in [-0.2, 0) is 9.59 Å². The van der Waals surface area contributed by atoms with E-state index in [0.29, 0.717) is 10.7 Å². The molecule has 1 aliphatic rings. The maximum absolute atomic E-state index is 12.2. The first kappa shape index (κ1) is 18.7. The van der Waals surface area contributed by atoms with E-state index in [4.69, 9.17) is 0 Å². The Morgan fingerprint density at radius 1 is 1.30 bits per heavy atom. The number of nitrogens with one attached hydrogen (secondary N) is 2. The van der Waals surface area contributed by atoms with Crippen molar-refractivity contribution in [3.05, 3.63) is 59.7 Å². The summed E-state index contributed by atoms with van der Waals surface area (Å²) in [6.45, 7) is 1.90. The number of amidine groups is 1. The minimum Gasteiger partial charge on any atom is -0.508 e. The van der Waals surface area contributed by atoms with Crippen LogP contribution in [0.25, 0.3) is 0 Å². The zero-order valence-electron chi connectivity index (χ0n) is 14.5. The van der Waals surface area contributed by atoms with Gasteiger partial charge in [0.25, 0.3) is 0 Å². The minimum atomic E-state index is -0.552. The second kappa shape index (κ2) is 8.50. The fraction of sp³-hybridized carbons (Fsp3) is 0.158. The van der Waals surface area contributed by atoms with Crippen LogP contribution in [0.15, 0.2) is 58.7 Å². The number of para-hydroxylation sites is 1. The quantitative estimate of drug-likeness (QED) is 0.546. The highest BCUT2D eigenvalue weighted by Gasteiger charge is 2.32. The van der Waals surface area contributed by atoms with Crippen molar-refractivity contribution < 1.29 is 14.7 Å². The Balaban J connectivity index is 1.57. The minimum absolute atomic E-state index is 0.0418. The van der Waals surface area contributed by atoms with Gasteiger partial charge in [0.1, 0.15) is 11.0 Å². The predicted octanol–water partition coefficient (Wildman–Crippen LogP) is 2.65. The fourth-order valence-electron chi connectivity index (χ4n) is 2.42. The van der Waals surface area contributed by atoms with E-state index >= 15 is 0 Å². The Morgan fingerprint density at radius 3 is 2.89 bits per heavy atom. The van der Waals surface area contributed by atoms with E-state index in [9.17, 15) is 14.7 Å². The molecule has 0 aliphatic carbocycles. The zero-order valence-corrected chi connectivity index (χ0v) is 15.4. The summed E-state index contributed by atoms with van der Waals surface area (Å²) in [5.41, 5.74) is 2.37. The SMILES string of the molecule is Cc1ccccc1NC(=O)C[C@@H]1S/C(=N/N=C/c2cccc(O)c2)NC1=O. The van der Waals surface area contributed by atoms with Crippen LogP contribution in [0.4, 0.5) is 5.69 Å². The molecule has 2 amide bonds. The molecule has 7 nitrogen and oxygen atoms in total. The summed E-state index contributed by atoms with van der Waals surface area (Å²) in [4.78, 5) is 24.2. The highest BCUT2D eigenvalue weighted by atomic mass is 32.2. The molecule has 0 aromatic heterocycles. The molecule has 138 valence electrons. The summed E-state index contributed by atoms with van der Waals surface area (Å²) < 4.78 is 0. The molecule has 1 aliphatic heterocycles. The molecule has 2 aromatic rings. The topological polar surface area (TPSA) is 103 Å². The average molecular weight is 382 g/mol. The van der Waals surface area contributed by atoms with E-state index < -0.39 is 5.25 Å². The van der Waals surface area contributed by atoms with Gasteiger partial charge in [-0.1, -0.05) is 42.1 Å². The van der Waals surface area contributed by atoms with Crippen molar-refractivity contribution in [2.24, 2.45) is 10.2 Å². The number of thioether (sulfide) groups is 1. The number of hydrogen-bond donors (Lipinski definition) is 3. The number of anilines is 1. The molecule has 8 heteroatoms. The standard InChI is InChI=1S/C19H18N4O3S/c1-12-5-2-3-8-15(12)21-17(25)10-16-18(26)22-19(27-16)23-20-11-13-6-4-7-14(24)9-13/h2-9,11,16,24H,10H2,1H3,(H,21,25)(H,22,23,26)/b20-11+/t16-/m0/s1. The van der Waals surface area contributed by atoms with Crippen LogP contribution in [0.5, 0.6) is 5.75 Å². The number of carbonyl (C=O) groups excluding carboxylic acids is 2. The molecule has 0 spiro atoms. The number of carbonyl (C=O) groups is 2. The normalized spacial score (nSPS) is 18.0. The van der Waals surface area contributed by atoms with Crippen LogP contribution in [0, 0.1) is 6.92 Å². The molecule has 1 heterocycles. The largest absolute Gasteiger partial charge is 0.508 e. The van der Waals surface area contributed by atoms with Crippen molar-refractivity contribution in [2.75, 3.05) is 5.32 Å². The number of aryl methyl sites for hydroxylation is 1. The van der Waals surface area contributed by atoms with Crippen molar-refractivity contribution in [3.8, 4) is 5.75 Å². The Kier molecular flexibility index (Phi) is 5.87. The van der Waals surface area contributed by atoms with E-state index in [1.165, 1.54) is 18.0 Å². The van der Waals surface area contributed by atoms with Gasteiger partial charge in [-0.05, 0) is 36.2 Å². The molecule has 0 unspecified atom stereocenters. The van der Waals surface area contributed by atoms with Crippen LogP contribution < -0.4 is 10.6 Å². The lowest BCUT2D eigenvalue weighted by molar-refractivity contribution is -0.122. The number of nitrogens with zero attached hydrogens (tertiary/aromatic N) is 2. The lowest BCUT2D eigenvalue weighted by Gasteiger charge is -2.09. The lowest BCUT2D eigenvalue weighted by atomic mass is 10.2. The molecule has 27 heavy (non-hydrogen) atoms. The van der Waals surface area contributed by atoms with Crippen molar-refractivity contribution in [2.45, 2.75) is 18.6 Å². The molecule has 3 rings (SSSR count). The third kappa shape index (κ3) is 5.18. The van der Waals surface area contributed by atoms with Gasteiger partial charge in [0.05, 0.1) is 6.21 Å². The van der Waals surface area contributed by atoms with Gasteiger partial charge in [0.15, 0.2) is 5.17 Å². The number of phenolic OH excluding ortho intramolecular Hbond substituents is 1. The van der Waals surface area contributed by atoms with Gasteiger partial charge in [-0.3, -0.25) is 9.59 Å². The lowest BCUT2D eigenvalue weighted by Crippen LogP contribution is -2.28. The van der Waals surface area contributed by atoms with E-state index in [-0.39, 0.29) is 24.0 Å². The highest BCUT2D eigenvalue weighted by molar-refractivity contribution is 8.15. The third-order valence-electron chi connectivity index (χ3n) is 3.79. The molecular formula is C19H18N4O3S. The number of benzene rings is 2. The van der Waals surface area contributed by atoms with Crippen molar-refractivity contribution in [1.82, 2.24) is 5.32 Å². The van der Waals surface area contributed by atoms with Gasteiger partial charge in [-0.25, -0.2) is 0 Å². The van der Waals surface area contributed by atoms with Gasteiger partial charge in [-0.2, -0.15) is 5.10 Å². The van der Waals surface area contributed by atoms with Gasteiger partial charge < -0.3 is 15.7 Å². The average Bonchev–Trinajstić information content (AvgIpc) is 2.96. The summed E-state index contributed by atoms with van der Waals surface area (Å²) in [5.74, 6) is -0.373. The molecule has 3 N–H and O–H groups in total. The summed E-state index contributed by atoms with van der Waals surface area (Å²) in [6.07, 6.45) is 1.51. The summed E-state index contributed by atoms with van der Waals surface area (Å²) in [5, 5.41) is 22.5. The third-order valence-corrected chi connectivity index (χ3v) is 4.86. The number of amides is 2. The summed E-state index contributed by atoms with van der Waals surface area (Å²) in [7, 11) is 0. The Hall–Kier alpha value is -3.13. The second-order valence-corrected chi connectivity index (χ2v) is 7.10. The molecule has 0 bridgehead atoms. The van der Waals surface area contributed by atoms with Crippen LogP contribution >= 0.6 is 11.8 Å². The van der Waals surface area contributed by atoms with Gasteiger partial charge in [0, 0.05) is 12.1 Å². The van der Waals surface area contributed by atoms with Crippen LogP contribution in [-0.4, -0.2) is 33.6 Å². The molecule has 1 fully saturated rings. The molecule has 0 saturated carbocycles. The van der Waals surface area contributed by atoms with E-state index in [2.05, 4.69) is 20.8 Å². The van der Waals surface area contributed by atoms with Gasteiger partial charge >= 0.3 is 0 Å². The molecular weight excluding hydrogens is 364 g/mol. The van der Waals surface area contributed by atoms with Crippen molar-refractivity contribution >= 4 is 40.6 Å². The Morgan fingerprint density at radius 2 is 2.11 bits per heavy atom. The van der Waals surface area contributed by atoms with E-state index in [1.807, 2.05) is 31.2 Å². The maximum Gasteiger partial charge on any atom is 0.240 e. The zero-order chi connectivity index (χ0) is 19.2. The predicted molar refractivity (Wildman–Crippen MR) is 107 cm³/mol. The molecule has 1 saturated heterocycles. The number of hydrogen-bond acceptors (Lipinski definition) is 6. The van der Waals surface area contributed by atoms with Gasteiger partial charge in [-0.15, -0.1) is 5.10 Å². The smallest absolute Gasteiger partial charge is 0.240 e. The first-order valence-electron chi connectivity index (χ1n) is 8.24. The monoisotopic (exact) mass is 382 g/mol. The fourth-order valence-corrected chi connectivity index (χ4v) is 3.35. The second-order valence-electron chi connectivity index (χ2n) is 5.91. The Labute approximate surface area is 160 Å². The van der Waals surface area contributed by atoms with Crippen LogP contribution in [0.1, 0.15) is 17.5 Å². The Bertz CT molecular complexity index is 927. The van der Waals surface area contributed by atoms with Crippen LogP contribution in [0.2, 0.25) is 0 Å². The number of aromatic hydroxyl groups is 1. The molecule has 0 radical (unpaired) electrons. The molecule has 2 aromatic carbocycles. The number of rotatable bonds is 5. The van der Waals surface area contributed by atoms with Crippen molar-refractivity contribution in [1.29, 1.82) is 0 Å². The summed E-state index contributed by atoms with van der Waals surface area (Å²) in [6, 6.07) is 14.0. The first-order chi connectivity index (χ1) is 13.0. The highest BCUT2D eigenvalue weighted by Crippen LogP contribution is 2.23. The number of phenols is 1. The molecule has 1 atom stereocenters. The van der Waals surface area contributed by atoms with E-state index in [0.717, 1.165) is 11.3 Å². The van der Waals surface area contributed by atoms with Crippen LogP contribution in [0.3, 0.4) is 0 Å². The first-order valence-corrected chi connectivity index (χ1v) is 9.12.